The van der Waals surface area contributed by atoms with Gasteiger partial charge in [0.05, 0.1) is 6.42 Å². The van der Waals surface area contributed by atoms with Crippen molar-refractivity contribution in [3.05, 3.63) is 69.2 Å². The highest BCUT2D eigenvalue weighted by molar-refractivity contribution is 6.35. The van der Waals surface area contributed by atoms with Gasteiger partial charge in [-0.1, -0.05) is 41.4 Å². The highest BCUT2D eigenvalue weighted by atomic mass is 35.5. The van der Waals surface area contributed by atoms with E-state index in [0.717, 1.165) is 5.56 Å². The van der Waals surface area contributed by atoms with Crippen LogP contribution in [0, 0.1) is 0 Å². The third-order valence-corrected chi connectivity index (χ3v) is 3.65. The van der Waals surface area contributed by atoms with Crippen molar-refractivity contribution < 1.29 is 9.59 Å². The molecule has 0 aliphatic carbocycles. The minimum atomic E-state index is -0.499. The van der Waals surface area contributed by atoms with Crippen LogP contribution >= 0.6 is 23.2 Å². The Hall–Kier alpha value is -2.04. The molecule has 6 heteroatoms. The first-order valence-corrected chi connectivity index (χ1v) is 7.30. The zero-order valence-electron chi connectivity index (χ0n) is 11.6. The summed E-state index contributed by atoms with van der Waals surface area (Å²) >= 11 is 11.8. The van der Waals surface area contributed by atoms with Crippen molar-refractivity contribution in [1.82, 2.24) is 5.32 Å². The number of benzene rings is 2. The second-order valence-corrected chi connectivity index (χ2v) is 5.60. The predicted octanol–water partition coefficient (Wildman–Crippen LogP) is 2.95. The Morgan fingerprint density at radius 3 is 2.55 bits per heavy atom. The first-order chi connectivity index (χ1) is 10.5. The number of nitrogens with one attached hydrogen (secondary N) is 1. The van der Waals surface area contributed by atoms with Crippen molar-refractivity contribution in [3.8, 4) is 0 Å². The van der Waals surface area contributed by atoms with Gasteiger partial charge in [0, 0.05) is 22.2 Å². The molecule has 0 fully saturated rings. The number of hydrogen-bond donors (Lipinski definition) is 2. The maximum Gasteiger partial charge on any atom is 0.248 e. The Balaban J connectivity index is 1.95. The Morgan fingerprint density at radius 1 is 1.09 bits per heavy atom. The van der Waals surface area contributed by atoms with Gasteiger partial charge in [-0.25, -0.2) is 0 Å². The Bertz CT molecular complexity index is 717. The van der Waals surface area contributed by atoms with Gasteiger partial charge in [0.15, 0.2) is 0 Å². The molecule has 22 heavy (non-hydrogen) atoms. The normalized spacial score (nSPS) is 10.3. The van der Waals surface area contributed by atoms with Gasteiger partial charge in [0.1, 0.15) is 0 Å². The van der Waals surface area contributed by atoms with Crippen LogP contribution in [0.3, 0.4) is 0 Å². The molecule has 4 nitrogen and oxygen atoms in total. The fourth-order valence-electron chi connectivity index (χ4n) is 1.94. The van der Waals surface area contributed by atoms with Gasteiger partial charge in [0.2, 0.25) is 11.8 Å². The van der Waals surface area contributed by atoms with E-state index in [1.54, 1.807) is 36.4 Å². The number of amides is 2. The van der Waals surface area contributed by atoms with Crippen molar-refractivity contribution in [1.29, 1.82) is 0 Å². The second-order valence-electron chi connectivity index (χ2n) is 4.75. The zero-order valence-corrected chi connectivity index (χ0v) is 13.1. The van der Waals surface area contributed by atoms with Crippen LogP contribution in [0.4, 0.5) is 0 Å². The van der Waals surface area contributed by atoms with Crippen LogP contribution in [-0.4, -0.2) is 11.8 Å². The van der Waals surface area contributed by atoms with Gasteiger partial charge < -0.3 is 11.1 Å². The average molecular weight is 337 g/mol. The van der Waals surface area contributed by atoms with E-state index in [0.29, 0.717) is 27.7 Å². The molecule has 0 heterocycles. The average Bonchev–Trinajstić information content (AvgIpc) is 2.48. The predicted molar refractivity (Wildman–Crippen MR) is 87.0 cm³/mol. The minimum absolute atomic E-state index is 0.158. The van der Waals surface area contributed by atoms with Gasteiger partial charge in [-0.3, -0.25) is 9.59 Å². The van der Waals surface area contributed by atoms with Crippen LogP contribution < -0.4 is 11.1 Å². The van der Waals surface area contributed by atoms with Gasteiger partial charge in [-0.15, -0.1) is 0 Å². The standard InChI is InChI=1S/C16H14Cl2N2O2/c17-13-5-4-11(14(18)8-13)7-15(21)20-9-10-2-1-3-12(6-10)16(19)22/h1-6,8H,7,9H2,(H2,19,22)(H,20,21). The van der Waals surface area contributed by atoms with Crippen LogP contribution in [0.25, 0.3) is 0 Å². The van der Waals surface area contributed by atoms with Gasteiger partial charge in [-0.05, 0) is 35.4 Å². The van der Waals surface area contributed by atoms with Gasteiger partial charge in [-0.2, -0.15) is 0 Å². The fourth-order valence-corrected chi connectivity index (χ4v) is 2.41. The van der Waals surface area contributed by atoms with Gasteiger partial charge in [0.25, 0.3) is 0 Å². The van der Waals surface area contributed by atoms with E-state index < -0.39 is 5.91 Å². The summed E-state index contributed by atoms with van der Waals surface area (Å²) < 4.78 is 0. The maximum absolute atomic E-state index is 11.9. The molecule has 0 aliphatic heterocycles. The molecule has 0 atom stereocenters. The SMILES string of the molecule is NC(=O)c1cccc(CNC(=O)Cc2ccc(Cl)cc2Cl)c1. The molecule has 114 valence electrons. The summed E-state index contributed by atoms with van der Waals surface area (Å²) in [6, 6.07) is 11.8. The van der Waals surface area contributed by atoms with Crippen LogP contribution in [0.5, 0.6) is 0 Å². The Kier molecular flexibility index (Phi) is 5.41. The van der Waals surface area contributed by atoms with Crippen LogP contribution in [0.2, 0.25) is 10.0 Å². The summed E-state index contributed by atoms with van der Waals surface area (Å²) in [4.78, 5) is 23.1. The quantitative estimate of drug-likeness (QED) is 0.880. The first kappa shape index (κ1) is 16.3. The molecule has 3 N–H and O–H groups in total. The molecule has 0 saturated heterocycles. The third-order valence-electron chi connectivity index (χ3n) is 3.07. The van der Waals surface area contributed by atoms with E-state index in [9.17, 15) is 9.59 Å². The molecule has 0 bridgehead atoms. The topological polar surface area (TPSA) is 72.2 Å². The van der Waals surface area contributed by atoms with Crippen molar-refractivity contribution in [2.75, 3.05) is 0 Å². The number of rotatable bonds is 5. The van der Waals surface area contributed by atoms with Gasteiger partial charge >= 0.3 is 0 Å². The van der Waals surface area contributed by atoms with E-state index in [1.165, 1.54) is 0 Å². The lowest BCUT2D eigenvalue weighted by atomic mass is 10.1. The molecule has 0 aliphatic rings. The summed E-state index contributed by atoms with van der Waals surface area (Å²) in [5.41, 5.74) is 7.13. The third kappa shape index (κ3) is 4.48. The molecule has 0 unspecified atom stereocenters. The summed E-state index contributed by atoms with van der Waals surface area (Å²) in [5.74, 6) is -0.671. The van der Waals surface area contributed by atoms with Crippen LogP contribution in [-0.2, 0) is 17.8 Å². The molecule has 2 rings (SSSR count). The van der Waals surface area contributed by atoms with Crippen molar-refractivity contribution in [2.45, 2.75) is 13.0 Å². The summed E-state index contributed by atoms with van der Waals surface area (Å²) in [6.45, 7) is 0.311. The molecule has 2 aromatic carbocycles. The molecule has 0 radical (unpaired) electrons. The number of primary amides is 1. The number of hydrogen-bond acceptors (Lipinski definition) is 2. The molecule has 0 spiro atoms. The molecule has 2 amide bonds. The van der Waals surface area contributed by atoms with Crippen LogP contribution in [0.15, 0.2) is 42.5 Å². The first-order valence-electron chi connectivity index (χ1n) is 6.55. The molecule has 2 aromatic rings. The van der Waals surface area contributed by atoms with Crippen molar-refractivity contribution in [3.63, 3.8) is 0 Å². The zero-order chi connectivity index (χ0) is 16.1. The number of carbonyl (C=O) groups is 2. The summed E-state index contributed by atoms with van der Waals surface area (Å²) in [7, 11) is 0. The monoisotopic (exact) mass is 336 g/mol. The van der Waals surface area contributed by atoms with Crippen molar-refractivity contribution >= 4 is 35.0 Å². The van der Waals surface area contributed by atoms with E-state index in [2.05, 4.69) is 5.32 Å². The maximum atomic E-state index is 11.9. The van der Waals surface area contributed by atoms with E-state index in [-0.39, 0.29) is 12.3 Å². The lowest BCUT2D eigenvalue weighted by Gasteiger charge is -2.08. The molecule has 0 aromatic heterocycles. The number of nitrogens with two attached hydrogens (primary N) is 1. The largest absolute Gasteiger partial charge is 0.366 e. The highest BCUT2D eigenvalue weighted by Crippen LogP contribution is 2.21. The molecular formula is C16H14Cl2N2O2. The van der Waals surface area contributed by atoms with E-state index in [4.69, 9.17) is 28.9 Å². The Morgan fingerprint density at radius 2 is 1.86 bits per heavy atom. The lowest BCUT2D eigenvalue weighted by molar-refractivity contribution is -0.120. The smallest absolute Gasteiger partial charge is 0.248 e. The molecule has 0 saturated carbocycles. The van der Waals surface area contributed by atoms with E-state index in [1.807, 2.05) is 6.07 Å². The number of carbonyl (C=O) groups excluding carboxylic acids is 2. The van der Waals surface area contributed by atoms with E-state index >= 15 is 0 Å². The molecular weight excluding hydrogens is 323 g/mol. The van der Waals surface area contributed by atoms with Crippen molar-refractivity contribution in [2.24, 2.45) is 5.73 Å². The summed E-state index contributed by atoms with van der Waals surface area (Å²) in [6.07, 6.45) is 0.158. The Labute approximate surface area is 138 Å². The highest BCUT2D eigenvalue weighted by Gasteiger charge is 2.08. The number of halogens is 2. The minimum Gasteiger partial charge on any atom is -0.366 e. The lowest BCUT2D eigenvalue weighted by Crippen LogP contribution is -2.25. The van der Waals surface area contributed by atoms with Crippen LogP contribution in [0.1, 0.15) is 21.5 Å². The summed E-state index contributed by atoms with van der Waals surface area (Å²) in [5, 5.41) is 3.75. The fraction of sp³-hybridized carbons (Fsp3) is 0.125. The second kappa shape index (κ2) is 7.29.